The summed E-state index contributed by atoms with van der Waals surface area (Å²) in [6.07, 6.45) is 3.44. The third kappa shape index (κ3) is 6.10. The first kappa shape index (κ1) is 18.8. The number of hydrogen-bond acceptors (Lipinski definition) is 4. The van der Waals surface area contributed by atoms with Crippen molar-refractivity contribution < 1.29 is 9.53 Å². The molecule has 134 valence electrons. The van der Waals surface area contributed by atoms with Crippen molar-refractivity contribution in [1.82, 2.24) is 10.3 Å². The number of methoxy groups -OCH3 is 1. The van der Waals surface area contributed by atoms with Crippen molar-refractivity contribution in [2.45, 2.75) is 26.7 Å². The van der Waals surface area contributed by atoms with Gasteiger partial charge in [0.25, 0.3) is 5.91 Å². The first-order chi connectivity index (χ1) is 12.1. The Labute approximate surface area is 149 Å². The Bertz CT molecular complexity index is 686. The van der Waals surface area contributed by atoms with Gasteiger partial charge in [-0.25, -0.2) is 4.98 Å². The van der Waals surface area contributed by atoms with Gasteiger partial charge in [0.1, 0.15) is 11.6 Å². The van der Waals surface area contributed by atoms with E-state index >= 15 is 0 Å². The molecule has 0 fully saturated rings. The zero-order chi connectivity index (χ0) is 18.1. The highest BCUT2D eigenvalue weighted by Gasteiger charge is 2.07. The zero-order valence-corrected chi connectivity index (χ0v) is 15.2. The lowest BCUT2D eigenvalue weighted by molar-refractivity contribution is 0.0952. The second kappa shape index (κ2) is 9.67. The van der Waals surface area contributed by atoms with E-state index in [4.69, 9.17) is 4.74 Å². The lowest BCUT2D eigenvalue weighted by Crippen LogP contribution is -2.25. The van der Waals surface area contributed by atoms with Gasteiger partial charge in [0.2, 0.25) is 0 Å². The number of nitrogens with zero attached hydrogens (tertiary/aromatic N) is 1. The first-order valence-electron chi connectivity index (χ1n) is 8.70. The summed E-state index contributed by atoms with van der Waals surface area (Å²) in [7, 11) is 1.68. The van der Waals surface area contributed by atoms with Crippen molar-refractivity contribution in [3.8, 4) is 5.75 Å². The average Bonchev–Trinajstić information content (AvgIpc) is 2.62. The Balaban J connectivity index is 1.87. The highest BCUT2D eigenvalue weighted by atomic mass is 16.5. The SMILES string of the molecule is COc1ccccc1CCNc1cc(C(=O)NCCC(C)C)ccn1. The van der Waals surface area contributed by atoms with Crippen LogP contribution in [0.15, 0.2) is 42.6 Å². The maximum atomic E-state index is 12.2. The minimum Gasteiger partial charge on any atom is -0.496 e. The molecule has 0 saturated carbocycles. The number of benzene rings is 1. The quantitative estimate of drug-likeness (QED) is 0.732. The predicted octanol–water partition coefficient (Wildman–Crippen LogP) is 3.52. The predicted molar refractivity (Wildman–Crippen MR) is 101 cm³/mol. The number of hydrogen-bond donors (Lipinski definition) is 2. The van der Waals surface area contributed by atoms with E-state index in [0.717, 1.165) is 24.2 Å². The molecule has 5 heteroatoms. The van der Waals surface area contributed by atoms with Crippen LogP contribution in [-0.2, 0) is 6.42 Å². The Morgan fingerprint density at radius 3 is 2.76 bits per heavy atom. The molecule has 1 aromatic heterocycles. The van der Waals surface area contributed by atoms with Crippen LogP contribution in [0.3, 0.4) is 0 Å². The number of aromatic nitrogens is 1. The van der Waals surface area contributed by atoms with Gasteiger partial charge < -0.3 is 15.4 Å². The van der Waals surface area contributed by atoms with E-state index in [-0.39, 0.29) is 5.91 Å². The molecule has 1 aromatic carbocycles. The molecule has 0 aliphatic heterocycles. The van der Waals surface area contributed by atoms with Crippen LogP contribution in [0.4, 0.5) is 5.82 Å². The van der Waals surface area contributed by atoms with Crippen molar-refractivity contribution in [2.75, 3.05) is 25.5 Å². The molecule has 0 unspecified atom stereocenters. The molecule has 25 heavy (non-hydrogen) atoms. The molecular weight excluding hydrogens is 314 g/mol. The van der Waals surface area contributed by atoms with Gasteiger partial charge >= 0.3 is 0 Å². The van der Waals surface area contributed by atoms with Crippen LogP contribution >= 0.6 is 0 Å². The second-order valence-corrected chi connectivity index (χ2v) is 6.36. The minimum absolute atomic E-state index is 0.0594. The number of nitrogens with one attached hydrogen (secondary N) is 2. The van der Waals surface area contributed by atoms with Crippen LogP contribution in [0.1, 0.15) is 36.2 Å². The van der Waals surface area contributed by atoms with E-state index in [2.05, 4.69) is 29.5 Å². The molecule has 1 heterocycles. The van der Waals surface area contributed by atoms with Crippen LogP contribution in [0.2, 0.25) is 0 Å². The number of amides is 1. The molecule has 1 amide bonds. The Morgan fingerprint density at radius 1 is 1.20 bits per heavy atom. The van der Waals surface area contributed by atoms with Crippen LogP contribution in [-0.4, -0.2) is 31.1 Å². The summed E-state index contributed by atoms with van der Waals surface area (Å²) in [5.41, 5.74) is 1.76. The normalized spacial score (nSPS) is 10.6. The lowest BCUT2D eigenvalue weighted by Gasteiger charge is -2.10. The van der Waals surface area contributed by atoms with Gasteiger partial charge in [0.05, 0.1) is 7.11 Å². The summed E-state index contributed by atoms with van der Waals surface area (Å²) in [6, 6.07) is 11.5. The van der Waals surface area contributed by atoms with E-state index in [9.17, 15) is 4.79 Å². The number of rotatable bonds is 9. The molecule has 2 N–H and O–H groups in total. The monoisotopic (exact) mass is 341 g/mol. The molecule has 2 aromatic rings. The first-order valence-corrected chi connectivity index (χ1v) is 8.70. The Morgan fingerprint density at radius 2 is 2.00 bits per heavy atom. The zero-order valence-electron chi connectivity index (χ0n) is 15.2. The van der Waals surface area contributed by atoms with Gasteiger partial charge in [0.15, 0.2) is 0 Å². The van der Waals surface area contributed by atoms with Gasteiger partial charge in [-0.3, -0.25) is 4.79 Å². The van der Waals surface area contributed by atoms with Crippen molar-refractivity contribution in [1.29, 1.82) is 0 Å². The standard InChI is InChI=1S/C20H27N3O2/c1-15(2)8-11-23-20(24)17-10-13-22-19(14-17)21-12-9-16-6-4-5-7-18(16)25-3/h4-7,10,13-15H,8-9,11-12H2,1-3H3,(H,21,22)(H,23,24). The summed E-state index contributed by atoms with van der Waals surface area (Å²) in [5, 5.41) is 6.21. The van der Waals surface area contributed by atoms with Gasteiger partial charge in [-0.15, -0.1) is 0 Å². The molecule has 5 nitrogen and oxygen atoms in total. The number of carbonyl (C=O) groups excluding carboxylic acids is 1. The third-order valence-corrected chi connectivity index (χ3v) is 3.92. The summed E-state index contributed by atoms with van der Waals surface area (Å²) in [5.74, 6) is 2.10. The minimum atomic E-state index is -0.0594. The topological polar surface area (TPSA) is 63.2 Å². The molecule has 0 spiro atoms. The lowest BCUT2D eigenvalue weighted by atomic mass is 10.1. The van der Waals surface area contributed by atoms with Crippen LogP contribution in [0, 0.1) is 5.92 Å². The van der Waals surface area contributed by atoms with Crippen LogP contribution in [0.25, 0.3) is 0 Å². The molecular formula is C20H27N3O2. The maximum absolute atomic E-state index is 12.2. The summed E-state index contributed by atoms with van der Waals surface area (Å²) in [6.45, 7) is 5.69. The third-order valence-electron chi connectivity index (χ3n) is 3.92. The Kier molecular flexibility index (Phi) is 7.26. The molecule has 2 rings (SSSR count). The highest BCUT2D eigenvalue weighted by Crippen LogP contribution is 2.17. The fourth-order valence-corrected chi connectivity index (χ4v) is 2.48. The largest absolute Gasteiger partial charge is 0.496 e. The molecule has 0 bridgehead atoms. The Hall–Kier alpha value is -2.56. The fraction of sp³-hybridized carbons (Fsp3) is 0.400. The van der Waals surface area contributed by atoms with Crippen LogP contribution in [0.5, 0.6) is 5.75 Å². The molecule has 0 radical (unpaired) electrons. The number of ether oxygens (including phenoxy) is 1. The average molecular weight is 341 g/mol. The summed E-state index contributed by atoms with van der Waals surface area (Å²) in [4.78, 5) is 16.5. The number of anilines is 1. The molecule has 0 aliphatic carbocycles. The highest BCUT2D eigenvalue weighted by molar-refractivity contribution is 5.94. The number of carbonyl (C=O) groups is 1. The smallest absolute Gasteiger partial charge is 0.251 e. The second-order valence-electron chi connectivity index (χ2n) is 6.36. The molecule has 0 atom stereocenters. The van der Waals surface area contributed by atoms with Crippen molar-refractivity contribution in [3.05, 3.63) is 53.7 Å². The molecule has 0 aliphatic rings. The fourth-order valence-electron chi connectivity index (χ4n) is 2.48. The summed E-state index contributed by atoms with van der Waals surface area (Å²) < 4.78 is 5.36. The van der Waals surface area contributed by atoms with E-state index < -0.39 is 0 Å². The number of para-hydroxylation sites is 1. The van der Waals surface area contributed by atoms with E-state index in [0.29, 0.717) is 30.4 Å². The van der Waals surface area contributed by atoms with Crippen molar-refractivity contribution in [3.63, 3.8) is 0 Å². The van der Waals surface area contributed by atoms with E-state index in [1.807, 2.05) is 24.3 Å². The van der Waals surface area contributed by atoms with Crippen molar-refractivity contribution >= 4 is 11.7 Å². The van der Waals surface area contributed by atoms with Gasteiger partial charge in [-0.05, 0) is 42.5 Å². The van der Waals surface area contributed by atoms with Crippen molar-refractivity contribution in [2.24, 2.45) is 5.92 Å². The van der Waals surface area contributed by atoms with Gasteiger partial charge in [-0.2, -0.15) is 0 Å². The summed E-state index contributed by atoms with van der Waals surface area (Å²) >= 11 is 0. The van der Waals surface area contributed by atoms with Gasteiger partial charge in [0, 0.05) is 24.8 Å². The molecule has 0 saturated heterocycles. The van der Waals surface area contributed by atoms with E-state index in [1.54, 1.807) is 25.4 Å². The van der Waals surface area contributed by atoms with E-state index in [1.165, 1.54) is 0 Å². The number of pyridine rings is 1. The maximum Gasteiger partial charge on any atom is 0.251 e. The van der Waals surface area contributed by atoms with Crippen LogP contribution < -0.4 is 15.4 Å². The van der Waals surface area contributed by atoms with Gasteiger partial charge in [-0.1, -0.05) is 32.0 Å².